The lowest BCUT2D eigenvalue weighted by molar-refractivity contribution is -0.167. The smallest absolute Gasteiger partial charge is 0.444 e. The van der Waals surface area contributed by atoms with Crippen LogP contribution < -0.4 is 15.5 Å². The zero-order valence-corrected chi connectivity index (χ0v) is 28.3. The number of fused-ring (bicyclic) bond motifs is 1. The summed E-state index contributed by atoms with van der Waals surface area (Å²) in [5.74, 6) is 2.60. The molecule has 0 bridgehead atoms. The largest absolute Gasteiger partial charge is 0.471 e. The number of pyridine rings is 2. The van der Waals surface area contributed by atoms with Crippen molar-refractivity contribution in [1.82, 2.24) is 24.8 Å². The fraction of sp³-hybridized carbons (Fsp3) is 0.500. The van der Waals surface area contributed by atoms with Crippen molar-refractivity contribution in [1.29, 1.82) is 0 Å². The van der Waals surface area contributed by atoms with Crippen molar-refractivity contribution < 1.29 is 41.8 Å². The van der Waals surface area contributed by atoms with Gasteiger partial charge in [-0.15, -0.1) is 0 Å². The molecule has 0 aliphatic carbocycles. The minimum absolute atomic E-state index is 0.111. The van der Waals surface area contributed by atoms with Crippen molar-refractivity contribution in [3.05, 3.63) is 41.5 Å². The van der Waals surface area contributed by atoms with Gasteiger partial charge in [0.1, 0.15) is 22.4 Å². The first-order valence-corrected chi connectivity index (χ1v) is 14.9. The van der Waals surface area contributed by atoms with Crippen LogP contribution in [-0.2, 0) is 26.1 Å². The second kappa shape index (κ2) is 14.9. The number of rotatable bonds is 8. The number of methoxy groups -OCH3 is 1. The Hall–Kier alpha value is -4.91. The van der Waals surface area contributed by atoms with Crippen molar-refractivity contribution in [2.75, 3.05) is 31.0 Å². The predicted octanol–water partition coefficient (Wildman–Crippen LogP) is 5.63. The van der Waals surface area contributed by atoms with E-state index in [1.807, 2.05) is 0 Å². The van der Waals surface area contributed by atoms with Crippen LogP contribution in [0.25, 0.3) is 11.0 Å². The Balaban J connectivity index is 2.14. The zero-order chi connectivity index (χ0) is 36.0. The van der Waals surface area contributed by atoms with Gasteiger partial charge in [0.25, 0.3) is 0 Å². The van der Waals surface area contributed by atoms with Crippen LogP contribution in [0, 0.1) is 11.8 Å². The molecule has 0 fully saturated rings. The number of carbonyl (C=O) groups excluding carboxylic acids is 3. The topological polar surface area (TPSA) is 150 Å². The molecule has 0 aliphatic heterocycles. The van der Waals surface area contributed by atoms with Gasteiger partial charge in [-0.05, 0) is 72.4 Å². The summed E-state index contributed by atoms with van der Waals surface area (Å²) in [4.78, 5) is 51.7. The maximum atomic E-state index is 13.4. The van der Waals surface area contributed by atoms with E-state index >= 15 is 0 Å². The van der Waals surface area contributed by atoms with E-state index in [0.717, 1.165) is 4.90 Å². The summed E-state index contributed by atoms with van der Waals surface area (Å²) >= 11 is 0. The molecule has 2 N–H and O–H groups in total. The number of alkyl halides is 3. The molecule has 0 saturated heterocycles. The molecule has 3 rings (SSSR count). The number of alkyl carbamates (subject to hydrolysis) is 1. The van der Waals surface area contributed by atoms with Crippen LogP contribution in [0.1, 0.15) is 77.4 Å². The van der Waals surface area contributed by atoms with Crippen molar-refractivity contribution in [2.24, 2.45) is 7.05 Å². The van der Waals surface area contributed by atoms with E-state index in [9.17, 15) is 27.6 Å². The number of hydrogen-bond acceptors (Lipinski definition) is 9. The first-order chi connectivity index (χ1) is 22.2. The van der Waals surface area contributed by atoms with Crippen molar-refractivity contribution in [3.63, 3.8) is 0 Å². The van der Waals surface area contributed by atoms with Gasteiger partial charge in [-0.1, -0.05) is 12.0 Å². The first kappa shape index (κ1) is 37.5. The highest BCUT2D eigenvalue weighted by atomic mass is 19.4. The highest BCUT2D eigenvalue weighted by molar-refractivity contribution is 6.03. The SMILES string of the molecule is COCCCC(NC(=O)OC(C)(C)C)c1cccc(C#Cc2c(NC(=O)C(F)(F)F)nc(N(C)C(=O)OC(C)(C)C)c3ncn(C)c23)n1. The maximum absolute atomic E-state index is 13.4. The lowest BCUT2D eigenvalue weighted by atomic mass is 10.1. The molecular formula is C32H40F3N7O6. The summed E-state index contributed by atoms with van der Waals surface area (Å²) in [5.41, 5.74) is -0.785. The van der Waals surface area contributed by atoms with E-state index in [-0.39, 0.29) is 28.1 Å². The number of aryl methyl sites for hydroxylation is 1. The molecule has 3 heterocycles. The van der Waals surface area contributed by atoms with E-state index < -0.39 is 47.3 Å². The van der Waals surface area contributed by atoms with Crippen molar-refractivity contribution in [2.45, 2.75) is 77.8 Å². The van der Waals surface area contributed by atoms with Gasteiger partial charge in [0.15, 0.2) is 11.6 Å². The Kier molecular flexibility index (Phi) is 11.6. The van der Waals surface area contributed by atoms with Crippen LogP contribution in [0.5, 0.6) is 0 Å². The molecule has 0 spiro atoms. The average molecular weight is 676 g/mol. The molecule has 3 aromatic heterocycles. The second-order valence-corrected chi connectivity index (χ2v) is 12.7. The number of anilines is 2. The van der Waals surface area contributed by atoms with Crippen molar-refractivity contribution >= 4 is 40.8 Å². The third-order valence-corrected chi connectivity index (χ3v) is 6.29. The monoisotopic (exact) mass is 675 g/mol. The zero-order valence-electron chi connectivity index (χ0n) is 28.3. The third-order valence-electron chi connectivity index (χ3n) is 6.29. The lowest BCUT2D eigenvalue weighted by Crippen LogP contribution is -2.35. The second-order valence-electron chi connectivity index (χ2n) is 12.7. The molecular weight excluding hydrogens is 635 g/mol. The maximum Gasteiger partial charge on any atom is 0.471 e. The number of hydrogen-bond donors (Lipinski definition) is 2. The lowest BCUT2D eigenvalue weighted by Gasteiger charge is -2.24. The standard InChI is InChI=1S/C32H40F3N7O6/c1-30(2,3)47-28(44)38-22(14-11-17-46-9)21-13-10-12-19(37-21)15-16-20-24-23(36-18-41(24)7)26(42(8)29(45)48-31(4,5)6)39-25(20)40-27(43)32(33,34)35/h10,12-13,18,22H,11,14,17H2,1-9H3,(H,38,44)(H,39,40,43). The van der Waals surface area contributed by atoms with Gasteiger partial charge in [0.2, 0.25) is 0 Å². The predicted molar refractivity (Wildman–Crippen MR) is 171 cm³/mol. The molecule has 0 radical (unpaired) electrons. The fourth-order valence-electron chi connectivity index (χ4n) is 4.27. The Bertz CT molecular complexity index is 1720. The van der Waals surface area contributed by atoms with Gasteiger partial charge in [-0.3, -0.25) is 9.69 Å². The third kappa shape index (κ3) is 10.3. The molecule has 0 aliphatic rings. The first-order valence-electron chi connectivity index (χ1n) is 14.9. The molecule has 48 heavy (non-hydrogen) atoms. The molecule has 0 saturated carbocycles. The minimum atomic E-state index is -5.25. The molecule has 16 heteroatoms. The Morgan fingerprint density at radius 3 is 2.29 bits per heavy atom. The average Bonchev–Trinajstić information content (AvgIpc) is 3.34. The normalized spacial score (nSPS) is 12.5. The number of amides is 3. The van der Waals surface area contributed by atoms with Gasteiger partial charge in [0, 0.05) is 27.8 Å². The van der Waals surface area contributed by atoms with Crippen molar-refractivity contribution in [3.8, 4) is 11.8 Å². The molecule has 3 aromatic rings. The number of carbonyl (C=O) groups is 3. The Morgan fingerprint density at radius 2 is 1.69 bits per heavy atom. The van der Waals surface area contributed by atoms with E-state index in [1.165, 1.54) is 17.9 Å². The van der Waals surface area contributed by atoms with Crippen LogP contribution in [-0.4, -0.2) is 75.8 Å². The quantitative estimate of drug-likeness (QED) is 0.229. The summed E-state index contributed by atoms with van der Waals surface area (Å²) < 4.78 is 57.6. The summed E-state index contributed by atoms with van der Waals surface area (Å²) in [7, 11) is 4.44. The van der Waals surface area contributed by atoms with Gasteiger partial charge in [-0.2, -0.15) is 13.2 Å². The minimum Gasteiger partial charge on any atom is -0.444 e. The number of ether oxygens (including phenoxy) is 3. The molecule has 1 atom stereocenters. The van der Waals surface area contributed by atoms with E-state index in [4.69, 9.17) is 14.2 Å². The van der Waals surface area contributed by atoms with Gasteiger partial charge in [-0.25, -0.2) is 24.5 Å². The summed E-state index contributed by atoms with van der Waals surface area (Å²) in [6.07, 6.45) is -4.34. The van der Waals surface area contributed by atoms with Crippen LogP contribution >= 0.6 is 0 Å². The van der Waals surface area contributed by atoms with E-state index in [2.05, 4.69) is 32.1 Å². The number of aromatic nitrogens is 4. The van der Waals surface area contributed by atoms with Gasteiger partial charge in [0.05, 0.1) is 29.1 Å². The Labute approximate surface area is 276 Å². The van der Waals surface area contributed by atoms with Gasteiger partial charge >= 0.3 is 24.3 Å². The highest BCUT2D eigenvalue weighted by Gasteiger charge is 2.40. The molecule has 0 aromatic carbocycles. The molecule has 260 valence electrons. The number of imidazole rings is 1. The van der Waals surface area contributed by atoms with E-state index in [0.29, 0.717) is 25.1 Å². The van der Waals surface area contributed by atoms with Crippen LogP contribution in [0.15, 0.2) is 24.5 Å². The Morgan fingerprint density at radius 1 is 1.02 bits per heavy atom. The molecule has 1 unspecified atom stereocenters. The summed E-state index contributed by atoms with van der Waals surface area (Å²) in [6.45, 7) is 10.6. The highest BCUT2D eigenvalue weighted by Crippen LogP contribution is 2.32. The van der Waals surface area contributed by atoms with Gasteiger partial charge < -0.3 is 29.4 Å². The molecule has 3 amide bonds. The van der Waals surface area contributed by atoms with E-state index in [1.54, 1.807) is 79.2 Å². The van der Waals surface area contributed by atoms with Crippen LogP contribution in [0.4, 0.5) is 34.4 Å². The summed E-state index contributed by atoms with van der Waals surface area (Å²) in [5, 5.41) is 4.60. The van der Waals surface area contributed by atoms with Crippen LogP contribution in [0.3, 0.4) is 0 Å². The molecule has 13 nitrogen and oxygen atoms in total. The fourth-order valence-corrected chi connectivity index (χ4v) is 4.27. The van der Waals surface area contributed by atoms with Crippen LogP contribution in [0.2, 0.25) is 0 Å². The number of halogens is 3. The summed E-state index contributed by atoms with van der Waals surface area (Å²) in [6, 6.07) is 4.35. The number of nitrogens with one attached hydrogen (secondary N) is 2. The number of nitrogens with zero attached hydrogens (tertiary/aromatic N) is 5.